The molecule has 34 heavy (non-hydrogen) atoms. The summed E-state index contributed by atoms with van der Waals surface area (Å²) < 4.78 is 63.3. The number of rotatable bonds is 10. The van der Waals surface area contributed by atoms with E-state index in [0.717, 1.165) is 6.08 Å². The summed E-state index contributed by atoms with van der Waals surface area (Å²) in [5, 5.41) is 2.56. The van der Waals surface area contributed by atoms with Crippen LogP contribution in [-0.4, -0.2) is 40.8 Å². The molecule has 0 aliphatic carbocycles. The van der Waals surface area contributed by atoms with E-state index in [0.29, 0.717) is 10.8 Å². The van der Waals surface area contributed by atoms with Crippen LogP contribution in [0, 0.1) is 5.82 Å². The van der Waals surface area contributed by atoms with Crippen molar-refractivity contribution in [1.82, 2.24) is 14.6 Å². The lowest BCUT2D eigenvalue weighted by molar-refractivity contribution is -0.144. The number of anilines is 1. The van der Waals surface area contributed by atoms with Crippen LogP contribution in [0.3, 0.4) is 0 Å². The predicted molar refractivity (Wildman–Crippen MR) is 116 cm³/mol. The van der Waals surface area contributed by atoms with Gasteiger partial charge in [-0.05, 0) is 26.0 Å². The van der Waals surface area contributed by atoms with Crippen molar-refractivity contribution in [3.8, 4) is 5.75 Å². The summed E-state index contributed by atoms with van der Waals surface area (Å²) >= 11 is 0. The number of hydrogen-bond donors (Lipinski definition) is 2. The van der Waals surface area contributed by atoms with Gasteiger partial charge in [-0.2, -0.15) is 4.98 Å². The number of nitrogens with one attached hydrogen (secondary N) is 1. The van der Waals surface area contributed by atoms with Crippen LogP contribution in [0.2, 0.25) is 0 Å². The van der Waals surface area contributed by atoms with Gasteiger partial charge in [0.15, 0.2) is 36.3 Å². The van der Waals surface area contributed by atoms with Crippen LogP contribution in [0.5, 0.6) is 5.75 Å². The highest BCUT2D eigenvalue weighted by Gasteiger charge is 2.36. The number of nitrogens with two attached hydrogens (primary N) is 1. The second-order valence-corrected chi connectivity index (χ2v) is 9.09. The molecule has 0 amide bonds. The zero-order valence-corrected chi connectivity index (χ0v) is 19.1. The average Bonchev–Trinajstić information content (AvgIpc) is 3.16. The first kappa shape index (κ1) is 25.5. The Morgan fingerprint density at radius 1 is 1.35 bits per heavy atom. The second-order valence-electron chi connectivity index (χ2n) is 7.05. The van der Waals surface area contributed by atoms with E-state index >= 15 is 0 Å². The van der Waals surface area contributed by atoms with E-state index < -0.39 is 61.5 Å². The van der Waals surface area contributed by atoms with E-state index in [2.05, 4.69) is 10.1 Å². The summed E-state index contributed by atoms with van der Waals surface area (Å²) in [5.74, 6) is -3.10. The molecule has 2 aromatic rings. The Kier molecular flexibility index (Phi) is 8.15. The van der Waals surface area contributed by atoms with Crippen molar-refractivity contribution in [2.45, 2.75) is 32.4 Å². The standard InChI is InChI=1S/C20H23F2N4O7P/c1-3-30-19(27)12(2)25-34(29,33-13-7-5-4-6-8-13)11-31-16-9-14(21)18(32-16)26-10-15(22)17(23)24-20(26)28/h4-10,12,16,18H,3,11H2,1-2H3,(H,25,29)(H2,23,24,28)/t12-,16-,18+,34+/m0/s1. The summed E-state index contributed by atoms with van der Waals surface area (Å²) in [7, 11) is -3.92. The van der Waals surface area contributed by atoms with Crippen molar-refractivity contribution < 1.29 is 36.9 Å². The minimum atomic E-state index is -3.92. The molecule has 3 N–H and O–H groups in total. The third kappa shape index (κ3) is 6.26. The number of para-hydroxylation sites is 1. The van der Waals surface area contributed by atoms with Gasteiger partial charge in [0.2, 0.25) is 0 Å². The van der Waals surface area contributed by atoms with E-state index in [-0.39, 0.29) is 12.4 Å². The van der Waals surface area contributed by atoms with Crippen LogP contribution < -0.4 is 21.0 Å². The fraction of sp³-hybridized carbons (Fsp3) is 0.350. The molecule has 1 aliphatic rings. The van der Waals surface area contributed by atoms with Crippen LogP contribution in [-0.2, 0) is 23.6 Å². The number of benzene rings is 1. The number of ether oxygens (including phenoxy) is 3. The largest absolute Gasteiger partial charge is 0.465 e. The van der Waals surface area contributed by atoms with Gasteiger partial charge in [0.05, 0.1) is 12.8 Å². The highest BCUT2D eigenvalue weighted by Crippen LogP contribution is 2.44. The quantitative estimate of drug-likeness (QED) is 0.369. The summed E-state index contributed by atoms with van der Waals surface area (Å²) in [4.78, 5) is 27.2. The highest BCUT2D eigenvalue weighted by atomic mass is 31.2. The molecule has 0 bridgehead atoms. The Labute approximate surface area is 193 Å². The molecule has 1 aromatic carbocycles. The fourth-order valence-corrected chi connectivity index (χ4v) is 4.56. The number of aromatic nitrogens is 2. The van der Waals surface area contributed by atoms with E-state index in [4.69, 9.17) is 24.5 Å². The fourth-order valence-electron chi connectivity index (χ4n) is 2.88. The lowest BCUT2D eigenvalue weighted by Crippen LogP contribution is -2.36. The molecule has 1 aromatic heterocycles. The van der Waals surface area contributed by atoms with Gasteiger partial charge in [0.1, 0.15) is 11.8 Å². The molecule has 11 nitrogen and oxygen atoms in total. The molecule has 0 fully saturated rings. The zero-order valence-electron chi connectivity index (χ0n) is 18.2. The number of nitrogen functional groups attached to an aromatic ring is 1. The molecule has 0 spiro atoms. The first-order valence-electron chi connectivity index (χ1n) is 10.1. The van der Waals surface area contributed by atoms with Crippen LogP contribution in [0.1, 0.15) is 20.1 Å². The predicted octanol–water partition coefficient (Wildman–Crippen LogP) is 2.46. The van der Waals surface area contributed by atoms with Crippen LogP contribution >= 0.6 is 7.52 Å². The van der Waals surface area contributed by atoms with E-state index in [1.807, 2.05) is 0 Å². The summed E-state index contributed by atoms with van der Waals surface area (Å²) in [6.45, 7) is 3.17. The number of esters is 1. The third-order valence-electron chi connectivity index (χ3n) is 4.42. The molecule has 0 radical (unpaired) electrons. The Balaban J connectivity index is 1.73. The topological polar surface area (TPSA) is 144 Å². The molecular weight excluding hydrogens is 477 g/mol. The monoisotopic (exact) mass is 500 g/mol. The highest BCUT2D eigenvalue weighted by molar-refractivity contribution is 7.57. The third-order valence-corrected chi connectivity index (χ3v) is 6.19. The smallest absolute Gasteiger partial charge is 0.352 e. The van der Waals surface area contributed by atoms with Gasteiger partial charge in [-0.1, -0.05) is 18.2 Å². The van der Waals surface area contributed by atoms with Crippen molar-refractivity contribution >= 4 is 19.3 Å². The molecule has 184 valence electrons. The molecular formula is C20H23F2N4O7P. The molecule has 0 saturated carbocycles. The molecule has 3 rings (SSSR count). The number of carbonyl (C=O) groups excluding carboxylic acids is 1. The van der Waals surface area contributed by atoms with Gasteiger partial charge in [-0.15, -0.1) is 0 Å². The first-order valence-corrected chi connectivity index (χ1v) is 11.9. The van der Waals surface area contributed by atoms with Crippen LogP contribution in [0.25, 0.3) is 0 Å². The van der Waals surface area contributed by atoms with Gasteiger partial charge < -0.3 is 24.5 Å². The van der Waals surface area contributed by atoms with Crippen molar-refractivity contribution in [1.29, 1.82) is 0 Å². The number of hydrogen-bond acceptors (Lipinski definition) is 9. The van der Waals surface area contributed by atoms with Crippen LogP contribution in [0.4, 0.5) is 14.6 Å². The van der Waals surface area contributed by atoms with Crippen molar-refractivity contribution in [3.63, 3.8) is 0 Å². The number of carbonyl (C=O) groups is 1. The maximum absolute atomic E-state index is 14.4. The van der Waals surface area contributed by atoms with Crippen LogP contribution in [0.15, 0.2) is 53.2 Å². The Morgan fingerprint density at radius 3 is 2.74 bits per heavy atom. The summed E-state index contributed by atoms with van der Waals surface area (Å²) in [5.41, 5.74) is 4.19. The van der Waals surface area contributed by atoms with Crippen molar-refractivity contribution in [2.24, 2.45) is 0 Å². The molecule has 14 heteroatoms. The number of halogens is 2. The van der Waals surface area contributed by atoms with Gasteiger partial charge >= 0.3 is 19.2 Å². The van der Waals surface area contributed by atoms with Crippen molar-refractivity contribution in [3.05, 3.63) is 64.7 Å². The zero-order chi connectivity index (χ0) is 24.9. The second kappa shape index (κ2) is 10.9. The molecule has 2 heterocycles. The molecule has 0 unspecified atom stereocenters. The Hall–Kier alpha value is -3.12. The maximum Gasteiger partial charge on any atom is 0.352 e. The summed E-state index contributed by atoms with van der Waals surface area (Å²) in [6.07, 6.45) is -2.22. The minimum absolute atomic E-state index is 0.118. The minimum Gasteiger partial charge on any atom is -0.465 e. The Morgan fingerprint density at radius 2 is 2.06 bits per heavy atom. The first-order chi connectivity index (χ1) is 16.1. The van der Waals surface area contributed by atoms with Gasteiger partial charge in [0, 0.05) is 6.08 Å². The van der Waals surface area contributed by atoms with E-state index in [1.165, 1.54) is 6.92 Å². The van der Waals surface area contributed by atoms with Gasteiger partial charge in [0.25, 0.3) is 0 Å². The SMILES string of the molecule is CCOC(=O)[C@H](C)N[P@@](=O)(CO[C@@H]1C=C(F)[C@H](n2cc(F)c(N)nc2=O)O1)Oc1ccccc1. The molecule has 0 saturated heterocycles. The molecule has 4 atom stereocenters. The number of nitrogens with zero attached hydrogens (tertiary/aromatic N) is 2. The Bertz CT molecular complexity index is 1160. The van der Waals surface area contributed by atoms with E-state index in [9.17, 15) is 22.9 Å². The average molecular weight is 500 g/mol. The lowest BCUT2D eigenvalue weighted by atomic mass is 10.3. The molecule has 1 aliphatic heterocycles. The van der Waals surface area contributed by atoms with Crippen molar-refractivity contribution in [2.75, 3.05) is 18.7 Å². The summed E-state index contributed by atoms with van der Waals surface area (Å²) in [6, 6.07) is 7.08. The van der Waals surface area contributed by atoms with Gasteiger partial charge in [-0.3, -0.25) is 13.9 Å². The normalized spacial score (nSPS) is 20.3. The maximum atomic E-state index is 14.4. The van der Waals surface area contributed by atoms with E-state index in [1.54, 1.807) is 37.3 Å². The lowest BCUT2D eigenvalue weighted by Gasteiger charge is -2.24. The van der Waals surface area contributed by atoms with Gasteiger partial charge in [-0.25, -0.2) is 18.7 Å².